The predicted molar refractivity (Wildman–Crippen MR) is 109 cm³/mol. The normalized spacial score (nSPS) is 20.2. The van der Waals surface area contributed by atoms with Gasteiger partial charge in [0.2, 0.25) is 5.91 Å². The molecule has 2 atom stereocenters. The number of rotatable bonds is 6. The summed E-state index contributed by atoms with van der Waals surface area (Å²) >= 11 is 1.51. The number of amides is 2. The number of β-lactam (4-membered cyclic amide) rings is 1. The lowest BCUT2D eigenvalue weighted by Gasteiger charge is -2.48. The van der Waals surface area contributed by atoms with Crippen LogP contribution in [0.5, 0.6) is 0 Å². The summed E-state index contributed by atoms with van der Waals surface area (Å²) in [6, 6.07) is 18.1. The molecule has 29 heavy (non-hydrogen) atoms. The van der Waals surface area contributed by atoms with Gasteiger partial charge < -0.3 is 10.1 Å². The number of carbonyl (C=O) groups excluding carboxylic acids is 3. The molecule has 4 rings (SSSR count). The third-order valence-electron chi connectivity index (χ3n) is 4.79. The average Bonchev–Trinajstić information content (AvgIpc) is 2.76. The molecule has 0 bridgehead atoms. The van der Waals surface area contributed by atoms with Crippen molar-refractivity contribution >= 4 is 29.5 Å². The van der Waals surface area contributed by atoms with Crippen molar-refractivity contribution in [1.29, 1.82) is 0 Å². The van der Waals surface area contributed by atoms with Crippen LogP contribution in [0.4, 0.5) is 0 Å². The SMILES string of the molecule is O=C(Cc1ccccc1)N[C@@H]1C(=O)N2C(C(=O)OCc3ccccc3)=CCS[C@@H]12. The summed E-state index contributed by atoms with van der Waals surface area (Å²) in [6.45, 7) is 0.147. The Bertz CT molecular complexity index is 946. The van der Waals surface area contributed by atoms with Crippen molar-refractivity contribution in [1.82, 2.24) is 10.2 Å². The molecule has 1 fully saturated rings. The van der Waals surface area contributed by atoms with Gasteiger partial charge in [0.05, 0.1) is 6.42 Å². The van der Waals surface area contributed by atoms with Gasteiger partial charge in [-0.1, -0.05) is 60.7 Å². The Kier molecular flexibility index (Phi) is 5.67. The molecule has 1 saturated heterocycles. The lowest BCUT2D eigenvalue weighted by molar-refractivity contribution is -0.153. The van der Waals surface area contributed by atoms with E-state index in [9.17, 15) is 14.4 Å². The third-order valence-corrected chi connectivity index (χ3v) is 5.98. The van der Waals surface area contributed by atoms with Gasteiger partial charge in [0.1, 0.15) is 23.7 Å². The van der Waals surface area contributed by atoms with E-state index in [-0.39, 0.29) is 35.9 Å². The highest BCUT2D eigenvalue weighted by Gasteiger charge is 2.52. The maximum absolute atomic E-state index is 12.6. The van der Waals surface area contributed by atoms with Crippen molar-refractivity contribution in [3.05, 3.63) is 83.6 Å². The quantitative estimate of drug-likeness (QED) is 0.586. The number of esters is 1. The van der Waals surface area contributed by atoms with Gasteiger partial charge in [-0.3, -0.25) is 14.5 Å². The first-order valence-corrected chi connectivity index (χ1v) is 10.4. The van der Waals surface area contributed by atoms with Gasteiger partial charge in [-0.15, -0.1) is 11.8 Å². The van der Waals surface area contributed by atoms with E-state index in [4.69, 9.17) is 4.74 Å². The number of nitrogens with zero attached hydrogens (tertiary/aromatic N) is 1. The number of benzene rings is 2. The van der Waals surface area contributed by atoms with Crippen molar-refractivity contribution in [2.45, 2.75) is 24.4 Å². The second kappa shape index (κ2) is 8.53. The smallest absolute Gasteiger partial charge is 0.355 e. The number of hydrogen-bond donors (Lipinski definition) is 1. The second-order valence-electron chi connectivity index (χ2n) is 6.79. The molecule has 2 aromatic carbocycles. The van der Waals surface area contributed by atoms with E-state index >= 15 is 0 Å². The number of fused-ring (bicyclic) bond motifs is 1. The number of ether oxygens (including phenoxy) is 1. The summed E-state index contributed by atoms with van der Waals surface area (Å²) in [5, 5.41) is 2.52. The van der Waals surface area contributed by atoms with Crippen LogP contribution >= 0.6 is 11.8 Å². The summed E-state index contributed by atoms with van der Waals surface area (Å²) in [6.07, 6.45) is 1.91. The largest absolute Gasteiger partial charge is 0.456 e. The zero-order valence-corrected chi connectivity index (χ0v) is 16.4. The zero-order chi connectivity index (χ0) is 20.2. The summed E-state index contributed by atoms with van der Waals surface area (Å²) in [5.74, 6) is -0.444. The maximum Gasteiger partial charge on any atom is 0.355 e. The van der Waals surface area contributed by atoms with Crippen LogP contribution in [0.3, 0.4) is 0 Å². The lowest BCUT2D eigenvalue weighted by atomic mass is 10.0. The Morgan fingerprint density at radius 3 is 2.38 bits per heavy atom. The van der Waals surface area contributed by atoms with E-state index in [2.05, 4.69) is 5.32 Å². The molecule has 2 aliphatic heterocycles. The van der Waals surface area contributed by atoms with Crippen molar-refractivity contribution in [2.24, 2.45) is 0 Å². The molecule has 0 saturated carbocycles. The Morgan fingerprint density at radius 1 is 1.03 bits per heavy atom. The minimum absolute atomic E-state index is 0.147. The third kappa shape index (κ3) is 4.19. The van der Waals surface area contributed by atoms with Gasteiger partial charge in [0.25, 0.3) is 5.91 Å². The van der Waals surface area contributed by atoms with Crippen LogP contribution in [0, 0.1) is 0 Å². The standard InChI is InChI=1S/C22H20N2O4S/c25-18(13-15-7-3-1-4-8-15)23-19-20(26)24-17(11-12-29-21(19)24)22(27)28-14-16-9-5-2-6-10-16/h1-11,19,21H,12-14H2,(H,23,25)/t19-,21+/m1/s1. The summed E-state index contributed by atoms with van der Waals surface area (Å²) in [7, 11) is 0. The van der Waals surface area contributed by atoms with Gasteiger partial charge in [0, 0.05) is 5.75 Å². The molecule has 0 aliphatic carbocycles. The first-order chi connectivity index (χ1) is 14.1. The molecular weight excluding hydrogens is 388 g/mol. The molecule has 0 spiro atoms. The van der Waals surface area contributed by atoms with Crippen LogP contribution in [0.1, 0.15) is 11.1 Å². The number of nitrogens with one attached hydrogen (secondary N) is 1. The summed E-state index contributed by atoms with van der Waals surface area (Å²) < 4.78 is 5.37. The van der Waals surface area contributed by atoms with Gasteiger partial charge in [-0.2, -0.15) is 0 Å². The minimum atomic E-state index is -0.623. The van der Waals surface area contributed by atoms with Crippen molar-refractivity contribution in [3.63, 3.8) is 0 Å². The number of thioether (sulfide) groups is 1. The van der Waals surface area contributed by atoms with Gasteiger partial charge in [-0.25, -0.2) is 4.79 Å². The molecule has 2 amide bonds. The van der Waals surface area contributed by atoms with Crippen molar-refractivity contribution in [2.75, 3.05) is 5.75 Å². The van der Waals surface area contributed by atoms with Crippen molar-refractivity contribution in [3.8, 4) is 0 Å². The van der Waals surface area contributed by atoms with Crippen LogP contribution in [-0.2, 0) is 32.1 Å². The fraction of sp³-hybridized carbons (Fsp3) is 0.227. The van der Waals surface area contributed by atoms with Crippen LogP contribution in [-0.4, -0.2) is 39.9 Å². The summed E-state index contributed by atoms with van der Waals surface area (Å²) in [4.78, 5) is 38.9. The van der Waals surface area contributed by atoms with E-state index in [1.807, 2.05) is 60.7 Å². The fourth-order valence-corrected chi connectivity index (χ4v) is 4.53. The van der Waals surface area contributed by atoms with Crippen LogP contribution in [0.2, 0.25) is 0 Å². The molecule has 2 aliphatic rings. The Labute approximate surface area is 172 Å². The molecule has 0 aromatic heterocycles. The molecule has 0 radical (unpaired) electrons. The van der Waals surface area contributed by atoms with E-state index in [1.54, 1.807) is 6.08 Å². The first kappa shape index (κ1) is 19.3. The first-order valence-electron chi connectivity index (χ1n) is 9.32. The highest BCUT2D eigenvalue weighted by atomic mass is 32.2. The lowest BCUT2D eigenvalue weighted by Crippen LogP contribution is -2.70. The van der Waals surface area contributed by atoms with Gasteiger partial charge >= 0.3 is 5.97 Å². The highest BCUT2D eigenvalue weighted by Crippen LogP contribution is 2.37. The second-order valence-corrected chi connectivity index (χ2v) is 7.94. The molecule has 2 aromatic rings. The summed E-state index contributed by atoms with van der Waals surface area (Å²) in [5.41, 5.74) is 2.02. The average molecular weight is 408 g/mol. The van der Waals surface area contributed by atoms with Crippen LogP contribution in [0.15, 0.2) is 72.4 Å². The molecular formula is C22H20N2O4S. The maximum atomic E-state index is 12.6. The minimum Gasteiger partial charge on any atom is -0.456 e. The Balaban J connectivity index is 1.35. The molecule has 6 nitrogen and oxygen atoms in total. The fourth-order valence-electron chi connectivity index (χ4n) is 3.33. The van der Waals surface area contributed by atoms with E-state index < -0.39 is 12.0 Å². The van der Waals surface area contributed by atoms with Crippen LogP contribution < -0.4 is 5.32 Å². The highest BCUT2D eigenvalue weighted by molar-refractivity contribution is 8.00. The van der Waals surface area contributed by atoms with Crippen LogP contribution in [0.25, 0.3) is 0 Å². The molecule has 2 heterocycles. The van der Waals surface area contributed by atoms with E-state index in [1.165, 1.54) is 16.7 Å². The predicted octanol–water partition coefficient (Wildman–Crippen LogP) is 2.26. The molecule has 148 valence electrons. The Morgan fingerprint density at radius 2 is 1.69 bits per heavy atom. The van der Waals surface area contributed by atoms with Crippen molar-refractivity contribution < 1.29 is 19.1 Å². The van der Waals surface area contributed by atoms with Gasteiger partial charge in [0.15, 0.2) is 0 Å². The van der Waals surface area contributed by atoms with E-state index in [0.717, 1.165) is 11.1 Å². The Hall–Kier alpha value is -3.06. The van der Waals surface area contributed by atoms with Gasteiger partial charge in [-0.05, 0) is 17.2 Å². The van der Waals surface area contributed by atoms with E-state index in [0.29, 0.717) is 5.75 Å². The molecule has 1 N–H and O–H groups in total. The molecule has 0 unspecified atom stereocenters. The zero-order valence-electron chi connectivity index (χ0n) is 15.6. The number of hydrogen-bond acceptors (Lipinski definition) is 5. The monoisotopic (exact) mass is 408 g/mol. The topological polar surface area (TPSA) is 75.7 Å². The number of carbonyl (C=O) groups is 3. The molecule has 7 heteroatoms.